The quantitative estimate of drug-likeness (QED) is 0.566. The lowest BCUT2D eigenvalue weighted by atomic mass is 10.1. The van der Waals surface area contributed by atoms with Gasteiger partial charge in [-0.1, -0.05) is 42.8 Å². The van der Waals surface area contributed by atoms with Crippen molar-refractivity contribution in [3.8, 4) is 5.75 Å². The van der Waals surface area contributed by atoms with Crippen molar-refractivity contribution < 1.29 is 14.3 Å². The molecule has 0 saturated carbocycles. The highest BCUT2D eigenvalue weighted by atomic mass is 35.5. The maximum Gasteiger partial charge on any atom is 0.262 e. The summed E-state index contributed by atoms with van der Waals surface area (Å²) in [5.41, 5.74) is 2.93. The highest BCUT2D eigenvalue weighted by Gasteiger charge is 2.09. The van der Waals surface area contributed by atoms with Gasteiger partial charge in [0.15, 0.2) is 6.61 Å². The van der Waals surface area contributed by atoms with Gasteiger partial charge >= 0.3 is 0 Å². The third-order valence-electron chi connectivity index (χ3n) is 4.25. The van der Waals surface area contributed by atoms with Crippen LogP contribution in [0.25, 0.3) is 0 Å². The van der Waals surface area contributed by atoms with Gasteiger partial charge in [-0.2, -0.15) is 0 Å². The molecule has 3 aromatic rings. The third kappa shape index (κ3) is 5.83. The summed E-state index contributed by atoms with van der Waals surface area (Å²) in [4.78, 5) is 24.4. The first-order valence-electron chi connectivity index (χ1n) is 9.22. The molecule has 0 aromatic heterocycles. The summed E-state index contributed by atoms with van der Waals surface area (Å²) in [5, 5.41) is 6.01. The van der Waals surface area contributed by atoms with Gasteiger partial charge in [0.25, 0.3) is 11.8 Å². The van der Waals surface area contributed by atoms with Gasteiger partial charge < -0.3 is 15.4 Å². The maximum absolute atomic E-state index is 12.3. The molecule has 0 spiro atoms. The number of rotatable bonds is 7. The van der Waals surface area contributed by atoms with E-state index in [1.54, 1.807) is 48.5 Å². The Kier molecular flexibility index (Phi) is 6.87. The molecule has 2 N–H and O–H groups in total. The summed E-state index contributed by atoms with van der Waals surface area (Å²) in [7, 11) is 0. The Morgan fingerprint density at radius 2 is 1.59 bits per heavy atom. The van der Waals surface area contributed by atoms with E-state index in [4.69, 9.17) is 16.3 Å². The van der Waals surface area contributed by atoms with Crippen LogP contribution < -0.4 is 15.4 Å². The Balaban J connectivity index is 1.51. The first-order chi connectivity index (χ1) is 14.0. The van der Waals surface area contributed by atoms with Crippen LogP contribution in [-0.4, -0.2) is 18.4 Å². The average molecular weight is 409 g/mol. The highest BCUT2D eigenvalue weighted by Crippen LogP contribution is 2.21. The third-order valence-corrected chi connectivity index (χ3v) is 4.58. The number of carbonyl (C=O) groups excluding carboxylic acids is 2. The van der Waals surface area contributed by atoms with Gasteiger partial charge in [0.1, 0.15) is 5.75 Å². The van der Waals surface area contributed by atoms with Crippen LogP contribution in [0.1, 0.15) is 22.8 Å². The predicted octanol–water partition coefficient (Wildman–Crippen LogP) is 5.17. The van der Waals surface area contributed by atoms with Gasteiger partial charge in [-0.3, -0.25) is 9.59 Å². The number of ether oxygens (including phenoxy) is 1. The lowest BCUT2D eigenvalue weighted by molar-refractivity contribution is -0.118. The molecule has 148 valence electrons. The summed E-state index contributed by atoms with van der Waals surface area (Å²) in [6.07, 6.45) is 0.948. The van der Waals surface area contributed by atoms with Crippen LogP contribution in [0.4, 0.5) is 11.4 Å². The molecule has 0 bridgehead atoms. The van der Waals surface area contributed by atoms with Crippen LogP contribution in [0.3, 0.4) is 0 Å². The SMILES string of the molecule is CCc1ccc(NC(=O)COc2ccc(C(=O)Nc3ccccc3Cl)cc2)cc1. The van der Waals surface area contributed by atoms with Crippen molar-refractivity contribution in [3.05, 3.63) is 88.9 Å². The van der Waals surface area contributed by atoms with Crippen molar-refractivity contribution >= 4 is 34.8 Å². The first kappa shape index (κ1) is 20.4. The zero-order valence-electron chi connectivity index (χ0n) is 15.9. The number of para-hydroxylation sites is 1. The van der Waals surface area contributed by atoms with E-state index in [1.807, 2.05) is 24.3 Å². The minimum absolute atomic E-state index is 0.124. The number of nitrogens with one attached hydrogen (secondary N) is 2. The number of aryl methyl sites for hydroxylation is 1. The number of amides is 2. The summed E-state index contributed by atoms with van der Waals surface area (Å²) in [6.45, 7) is 1.95. The number of hydrogen-bond acceptors (Lipinski definition) is 3. The monoisotopic (exact) mass is 408 g/mol. The number of anilines is 2. The van der Waals surface area contributed by atoms with Crippen molar-refractivity contribution in [2.45, 2.75) is 13.3 Å². The van der Waals surface area contributed by atoms with Crippen LogP contribution in [0.2, 0.25) is 5.02 Å². The zero-order valence-corrected chi connectivity index (χ0v) is 16.7. The van der Waals surface area contributed by atoms with E-state index < -0.39 is 0 Å². The van der Waals surface area contributed by atoms with Crippen molar-refractivity contribution in [1.29, 1.82) is 0 Å². The molecule has 2 amide bonds. The number of hydrogen-bond donors (Lipinski definition) is 2. The normalized spacial score (nSPS) is 10.3. The summed E-state index contributed by atoms with van der Waals surface area (Å²) >= 11 is 6.05. The van der Waals surface area contributed by atoms with Crippen LogP contribution in [0.5, 0.6) is 5.75 Å². The number of benzene rings is 3. The largest absolute Gasteiger partial charge is 0.484 e. The van der Waals surface area contributed by atoms with Crippen molar-refractivity contribution in [3.63, 3.8) is 0 Å². The molecule has 0 atom stereocenters. The molecule has 0 aliphatic carbocycles. The lowest BCUT2D eigenvalue weighted by Crippen LogP contribution is -2.20. The van der Waals surface area contributed by atoms with Gasteiger partial charge in [-0.15, -0.1) is 0 Å². The Morgan fingerprint density at radius 1 is 0.897 bits per heavy atom. The topological polar surface area (TPSA) is 67.4 Å². The Hall–Kier alpha value is -3.31. The second kappa shape index (κ2) is 9.75. The van der Waals surface area contributed by atoms with E-state index in [0.29, 0.717) is 22.0 Å². The van der Waals surface area contributed by atoms with E-state index in [1.165, 1.54) is 5.56 Å². The van der Waals surface area contributed by atoms with E-state index in [2.05, 4.69) is 17.6 Å². The van der Waals surface area contributed by atoms with Crippen LogP contribution in [-0.2, 0) is 11.2 Å². The number of carbonyl (C=O) groups is 2. The Labute approximate surface area is 174 Å². The van der Waals surface area contributed by atoms with Gasteiger partial charge in [-0.25, -0.2) is 0 Å². The van der Waals surface area contributed by atoms with Crippen molar-refractivity contribution in [2.75, 3.05) is 17.2 Å². The average Bonchev–Trinajstić information content (AvgIpc) is 2.75. The fraction of sp³-hybridized carbons (Fsp3) is 0.130. The molecular formula is C23H21ClN2O3. The standard InChI is InChI=1S/C23H21ClN2O3/c1-2-16-7-11-18(12-8-16)25-22(27)15-29-19-13-9-17(10-14-19)23(28)26-21-6-4-3-5-20(21)24/h3-14H,2,15H2,1H3,(H,25,27)(H,26,28). The van der Waals surface area contributed by atoms with Gasteiger partial charge in [-0.05, 0) is 60.5 Å². The van der Waals surface area contributed by atoms with E-state index in [9.17, 15) is 9.59 Å². The second-order valence-electron chi connectivity index (χ2n) is 6.35. The summed E-state index contributed by atoms with van der Waals surface area (Å²) < 4.78 is 5.49. The summed E-state index contributed by atoms with van der Waals surface area (Å²) in [5.74, 6) is -0.0384. The minimum Gasteiger partial charge on any atom is -0.484 e. The van der Waals surface area contributed by atoms with Gasteiger partial charge in [0.2, 0.25) is 0 Å². The molecular weight excluding hydrogens is 388 g/mol. The molecule has 0 fully saturated rings. The molecule has 0 heterocycles. The fourth-order valence-corrected chi connectivity index (χ4v) is 2.81. The molecule has 0 saturated heterocycles. The molecule has 29 heavy (non-hydrogen) atoms. The van der Waals surface area contributed by atoms with Crippen LogP contribution in [0.15, 0.2) is 72.8 Å². The minimum atomic E-state index is -0.280. The fourth-order valence-electron chi connectivity index (χ4n) is 2.63. The predicted molar refractivity (Wildman–Crippen MR) is 116 cm³/mol. The molecule has 3 rings (SSSR count). The Bertz CT molecular complexity index is 986. The van der Waals surface area contributed by atoms with Crippen LogP contribution >= 0.6 is 11.6 Å². The van der Waals surface area contributed by atoms with Crippen molar-refractivity contribution in [1.82, 2.24) is 0 Å². The molecule has 0 aliphatic heterocycles. The van der Waals surface area contributed by atoms with Gasteiger partial charge in [0, 0.05) is 11.3 Å². The zero-order chi connectivity index (χ0) is 20.6. The molecule has 0 unspecified atom stereocenters. The van der Waals surface area contributed by atoms with Crippen LogP contribution in [0, 0.1) is 0 Å². The van der Waals surface area contributed by atoms with E-state index in [0.717, 1.165) is 12.1 Å². The first-order valence-corrected chi connectivity index (χ1v) is 9.60. The molecule has 0 aliphatic rings. The molecule has 3 aromatic carbocycles. The highest BCUT2D eigenvalue weighted by molar-refractivity contribution is 6.33. The van der Waals surface area contributed by atoms with Crippen molar-refractivity contribution in [2.24, 2.45) is 0 Å². The van der Waals surface area contributed by atoms with E-state index in [-0.39, 0.29) is 18.4 Å². The molecule has 0 radical (unpaired) electrons. The number of halogens is 1. The summed E-state index contributed by atoms with van der Waals surface area (Å²) in [6, 6.07) is 21.2. The molecule has 5 nitrogen and oxygen atoms in total. The van der Waals surface area contributed by atoms with Gasteiger partial charge in [0.05, 0.1) is 10.7 Å². The second-order valence-corrected chi connectivity index (χ2v) is 6.75. The lowest BCUT2D eigenvalue weighted by Gasteiger charge is -2.09. The Morgan fingerprint density at radius 3 is 2.24 bits per heavy atom. The smallest absolute Gasteiger partial charge is 0.262 e. The maximum atomic E-state index is 12.3. The molecule has 6 heteroatoms. The van der Waals surface area contributed by atoms with E-state index >= 15 is 0 Å².